The van der Waals surface area contributed by atoms with Crippen molar-refractivity contribution < 1.29 is 18.7 Å². The molecule has 8 nitrogen and oxygen atoms in total. The minimum atomic E-state index is -0.391. The van der Waals surface area contributed by atoms with Crippen LogP contribution in [-0.4, -0.2) is 34.3 Å². The summed E-state index contributed by atoms with van der Waals surface area (Å²) in [5.41, 5.74) is 1.91. The molecule has 0 aliphatic heterocycles. The van der Waals surface area contributed by atoms with Gasteiger partial charge < -0.3 is 19.3 Å². The largest absolute Gasteiger partial charge is 0.494 e. The summed E-state index contributed by atoms with van der Waals surface area (Å²) in [6, 6.07) is 3.45. The lowest BCUT2D eigenvalue weighted by Crippen LogP contribution is -2.14. The van der Waals surface area contributed by atoms with E-state index < -0.39 is 5.91 Å². The van der Waals surface area contributed by atoms with Crippen molar-refractivity contribution in [3.8, 4) is 5.75 Å². The molecule has 28 heavy (non-hydrogen) atoms. The molecule has 1 fully saturated rings. The molecule has 1 aliphatic rings. The maximum Gasteiger partial charge on any atom is 0.275 e. The molecule has 3 aromatic rings. The highest BCUT2D eigenvalue weighted by Crippen LogP contribution is 2.37. The number of aldehydes is 1. The number of aromatic nitrogens is 3. The average Bonchev–Trinajstić information content (AvgIpc) is 3.16. The second-order valence-electron chi connectivity index (χ2n) is 6.86. The van der Waals surface area contributed by atoms with E-state index in [2.05, 4.69) is 20.3 Å². The number of amides is 1. The van der Waals surface area contributed by atoms with E-state index in [9.17, 15) is 9.59 Å². The Bertz CT molecular complexity index is 994. The van der Waals surface area contributed by atoms with E-state index in [1.54, 1.807) is 12.1 Å². The van der Waals surface area contributed by atoms with Crippen molar-refractivity contribution in [3.63, 3.8) is 0 Å². The van der Waals surface area contributed by atoms with E-state index >= 15 is 0 Å². The SMILES string of the molecule is COc1cc2nc(C3CCC(C=O)CC3)oc2cc1NC(=O)c1cnccn1. The molecule has 8 heteroatoms. The van der Waals surface area contributed by atoms with Crippen LogP contribution in [0.4, 0.5) is 5.69 Å². The fourth-order valence-electron chi connectivity index (χ4n) is 3.52. The zero-order chi connectivity index (χ0) is 19.5. The number of rotatable bonds is 5. The fourth-order valence-corrected chi connectivity index (χ4v) is 3.52. The number of methoxy groups -OCH3 is 1. The minimum Gasteiger partial charge on any atom is -0.494 e. The van der Waals surface area contributed by atoms with Gasteiger partial charge in [-0.15, -0.1) is 0 Å². The molecule has 1 amide bonds. The van der Waals surface area contributed by atoms with Crippen LogP contribution in [-0.2, 0) is 4.79 Å². The predicted octanol–water partition coefficient (Wildman–Crippen LogP) is 3.35. The molecule has 2 heterocycles. The smallest absolute Gasteiger partial charge is 0.275 e. The van der Waals surface area contributed by atoms with Gasteiger partial charge in [0.05, 0.1) is 19.0 Å². The maximum atomic E-state index is 12.4. The lowest BCUT2D eigenvalue weighted by molar-refractivity contribution is -0.112. The Morgan fingerprint density at radius 2 is 2.07 bits per heavy atom. The van der Waals surface area contributed by atoms with Crippen LogP contribution >= 0.6 is 0 Å². The molecule has 1 aliphatic carbocycles. The number of benzene rings is 1. The highest BCUT2D eigenvalue weighted by Gasteiger charge is 2.26. The highest BCUT2D eigenvalue weighted by atomic mass is 16.5. The van der Waals surface area contributed by atoms with Crippen molar-refractivity contribution in [1.82, 2.24) is 15.0 Å². The summed E-state index contributed by atoms with van der Waals surface area (Å²) >= 11 is 0. The van der Waals surface area contributed by atoms with Crippen LogP contribution < -0.4 is 10.1 Å². The molecule has 4 rings (SSSR count). The van der Waals surface area contributed by atoms with Gasteiger partial charge in [-0.1, -0.05) is 0 Å². The number of anilines is 1. The first-order valence-electron chi connectivity index (χ1n) is 9.19. The Morgan fingerprint density at radius 1 is 1.25 bits per heavy atom. The number of ether oxygens (including phenoxy) is 1. The molecule has 1 saturated carbocycles. The number of nitrogens with one attached hydrogen (secondary N) is 1. The topological polar surface area (TPSA) is 107 Å². The molecule has 0 atom stereocenters. The van der Waals surface area contributed by atoms with Crippen LogP contribution in [0, 0.1) is 5.92 Å². The molecule has 144 valence electrons. The normalized spacial score (nSPS) is 19.3. The van der Waals surface area contributed by atoms with Crippen LogP contribution in [0.25, 0.3) is 11.1 Å². The van der Waals surface area contributed by atoms with Gasteiger partial charge >= 0.3 is 0 Å². The quantitative estimate of drug-likeness (QED) is 0.676. The molecule has 1 N–H and O–H groups in total. The van der Waals surface area contributed by atoms with E-state index in [0.717, 1.165) is 32.0 Å². The number of fused-ring (bicyclic) bond motifs is 1. The van der Waals surface area contributed by atoms with E-state index in [1.165, 1.54) is 25.7 Å². The van der Waals surface area contributed by atoms with Gasteiger partial charge in [0.15, 0.2) is 11.5 Å². The third-order valence-electron chi connectivity index (χ3n) is 5.08. The zero-order valence-electron chi connectivity index (χ0n) is 15.4. The first-order chi connectivity index (χ1) is 13.7. The Hall–Kier alpha value is -3.29. The number of oxazole rings is 1. The number of hydrogen-bond acceptors (Lipinski definition) is 7. The van der Waals surface area contributed by atoms with Crippen LogP contribution in [0.3, 0.4) is 0 Å². The van der Waals surface area contributed by atoms with E-state index in [-0.39, 0.29) is 17.5 Å². The van der Waals surface area contributed by atoms with Crippen LogP contribution in [0.2, 0.25) is 0 Å². The van der Waals surface area contributed by atoms with E-state index in [4.69, 9.17) is 9.15 Å². The van der Waals surface area contributed by atoms with Crippen molar-refractivity contribution in [3.05, 3.63) is 42.3 Å². The fraction of sp³-hybridized carbons (Fsp3) is 0.350. The van der Waals surface area contributed by atoms with Crippen molar-refractivity contribution in [1.29, 1.82) is 0 Å². The number of carbonyl (C=O) groups excluding carboxylic acids is 2. The lowest BCUT2D eigenvalue weighted by atomic mass is 9.83. The van der Waals surface area contributed by atoms with Gasteiger partial charge in [-0.05, 0) is 25.7 Å². The summed E-state index contributed by atoms with van der Waals surface area (Å²) in [6.45, 7) is 0. The first kappa shape index (κ1) is 18.1. The van der Waals surface area contributed by atoms with Gasteiger partial charge in [-0.2, -0.15) is 0 Å². The summed E-state index contributed by atoms with van der Waals surface area (Å²) in [5.74, 6) is 1.10. The van der Waals surface area contributed by atoms with Crippen molar-refractivity contribution in [2.45, 2.75) is 31.6 Å². The Kier molecular flexibility index (Phi) is 5.01. The number of carbonyl (C=O) groups is 2. The summed E-state index contributed by atoms with van der Waals surface area (Å²) < 4.78 is 11.4. The summed E-state index contributed by atoms with van der Waals surface area (Å²) in [5, 5.41) is 2.78. The van der Waals surface area contributed by atoms with Gasteiger partial charge in [-0.25, -0.2) is 9.97 Å². The average molecular weight is 380 g/mol. The van der Waals surface area contributed by atoms with Crippen LogP contribution in [0.15, 0.2) is 35.1 Å². The Morgan fingerprint density at radius 3 is 2.75 bits per heavy atom. The van der Waals surface area contributed by atoms with Gasteiger partial charge in [0.25, 0.3) is 5.91 Å². The predicted molar refractivity (Wildman–Crippen MR) is 101 cm³/mol. The van der Waals surface area contributed by atoms with Crippen molar-refractivity contribution in [2.75, 3.05) is 12.4 Å². The lowest BCUT2D eigenvalue weighted by Gasteiger charge is -2.22. The Labute approximate surface area is 161 Å². The molecule has 0 radical (unpaired) electrons. The zero-order valence-corrected chi connectivity index (χ0v) is 15.4. The van der Waals surface area contributed by atoms with Gasteiger partial charge in [0.1, 0.15) is 23.2 Å². The minimum absolute atomic E-state index is 0.142. The standard InChI is InChI=1S/C20H20N4O4/c1-27-17-8-15-18(9-14(17)23-19(26)16-10-21-6-7-22-16)28-20(24-15)13-4-2-12(11-25)3-5-13/h6-13H,2-5H2,1H3,(H,23,26). The van der Waals surface area contributed by atoms with Crippen LogP contribution in [0.1, 0.15) is 48.0 Å². The van der Waals surface area contributed by atoms with E-state index in [0.29, 0.717) is 28.4 Å². The summed E-state index contributed by atoms with van der Waals surface area (Å²) in [6.07, 6.45) is 8.86. The molecule has 1 aromatic carbocycles. The maximum absolute atomic E-state index is 12.4. The Balaban J connectivity index is 1.60. The molecular weight excluding hydrogens is 360 g/mol. The third kappa shape index (κ3) is 3.58. The second kappa shape index (κ2) is 7.75. The van der Waals surface area contributed by atoms with Gasteiger partial charge in [0, 0.05) is 36.4 Å². The van der Waals surface area contributed by atoms with Gasteiger partial charge in [0.2, 0.25) is 0 Å². The summed E-state index contributed by atoms with van der Waals surface area (Å²) in [7, 11) is 1.53. The third-order valence-corrected chi connectivity index (χ3v) is 5.08. The van der Waals surface area contributed by atoms with Crippen molar-refractivity contribution in [2.24, 2.45) is 5.92 Å². The molecule has 0 spiro atoms. The monoisotopic (exact) mass is 380 g/mol. The number of nitrogens with zero attached hydrogens (tertiary/aromatic N) is 3. The summed E-state index contributed by atoms with van der Waals surface area (Å²) in [4.78, 5) is 35.8. The highest BCUT2D eigenvalue weighted by molar-refractivity contribution is 6.04. The van der Waals surface area contributed by atoms with Crippen LogP contribution in [0.5, 0.6) is 5.75 Å². The second-order valence-corrected chi connectivity index (χ2v) is 6.86. The number of hydrogen-bond donors (Lipinski definition) is 1. The van der Waals surface area contributed by atoms with Gasteiger partial charge in [-0.3, -0.25) is 9.78 Å². The molecule has 0 unspecified atom stereocenters. The van der Waals surface area contributed by atoms with E-state index in [1.807, 2.05) is 0 Å². The van der Waals surface area contributed by atoms with Crippen molar-refractivity contribution >= 4 is 29.0 Å². The molecule has 2 aromatic heterocycles. The molecular formula is C20H20N4O4. The molecule has 0 saturated heterocycles. The first-order valence-corrected chi connectivity index (χ1v) is 9.19. The molecule has 0 bridgehead atoms.